The minimum absolute atomic E-state index is 0.540. The van der Waals surface area contributed by atoms with Crippen molar-refractivity contribution in [3.63, 3.8) is 0 Å². The summed E-state index contributed by atoms with van der Waals surface area (Å²) in [5, 5.41) is 3.53. The molecule has 1 unspecified atom stereocenters. The average molecular weight is 250 g/mol. The highest BCUT2D eigenvalue weighted by molar-refractivity contribution is 5.21. The Bertz CT molecular complexity index is 350. The molecule has 3 nitrogen and oxygen atoms in total. The zero-order valence-corrected chi connectivity index (χ0v) is 12.2. The van der Waals surface area contributed by atoms with E-state index in [1.807, 2.05) is 12.3 Å². The van der Waals surface area contributed by atoms with Crippen molar-refractivity contribution in [2.45, 2.75) is 40.2 Å². The largest absolute Gasteiger partial charge is 0.481 e. The maximum absolute atomic E-state index is 5.17. The number of ether oxygens (including phenoxy) is 1. The number of nitrogens with one attached hydrogen (secondary N) is 1. The Morgan fingerprint density at radius 2 is 2.00 bits per heavy atom. The molecule has 0 aliphatic heterocycles. The Hall–Kier alpha value is -1.09. The average Bonchev–Trinajstić information content (AvgIpc) is 2.34. The van der Waals surface area contributed by atoms with Crippen molar-refractivity contribution in [3.8, 4) is 5.88 Å². The van der Waals surface area contributed by atoms with Crippen LogP contribution >= 0.6 is 0 Å². The van der Waals surface area contributed by atoms with Gasteiger partial charge in [-0.05, 0) is 36.4 Å². The molecule has 0 radical (unpaired) electrons. The van der Waals surface area contributed by atoms with Crippen molar-refractivity contribution in [2.24, 2.45) is 11.8 Å². The van der Waals surface area contributed by atoms with Crippen LogP contribution in [0.3, 0.4) is 0 Å². The van der Waals surface area contributed by atoms with Crippen LogP contribution in [0.2, 0.25) is 0 Å². The molecule has 0 aliphatic carbocycles. The van der Waals surface area contributed by atoms with E-state index in [-0.39, 0.29) is 0 Å². The highest BCUT2D eigenvalue weighted by Gasteiger charge is 2.14. The van der Waals surface area contributed by atoms with Gasteiger partial charge in [0.25, 0.3) is 0 Å². The molecule has 0 aromatic carbocycles. The summed E-state index contributed by atoms with van der Waals surface area (Å²) in [4.78, 5) is 4.15. The monoisotopic (exact) mass is 250 g/mol. The number of hydrogen-bond acceptors (Lipinski definition) is 3. The molecule has 1 atom stereocenters. The summed E-state index contributed by atoms with van der Waals surface area (Å²) in [5.41, 5.74) is 1.30. The van der Waals surface area contributed by atoms with E-state index in [0.29, 0.717) is 23.8 Å². The number of hydrogen-bond donors (Lipinski definition) is 1. The molecule has 102 valence electrons. The molecule has 0 aliphatic rings. The number of nitrogens with zero attached hydrogens (tertiary/aromatic N) is 1. The minimum atomic E-state index is 0.540. The van der Waals surface area contributed by atoms with E-state index in [0.717, 1.165) is 13.0 Å². The first-order valence-corrected chi connectivity index (χ1v) is 6.75. The lowest BCUT2D eigenvalue weighted by molar-refractivity contribution is 0.347. The highest BCUT2D eigenvalue weighted by Crippen LogP contribution is 2.18. The molecule has 0 saturated carbocycles. The van der Waals surface area contributed by atoms with Gasteiger partial charge in [0.05, 0.1) is 7.11 Å². The van der Waals surface area contributed by atoms with Gasteiger partial charge in [-0.1, -0.05) is 27.7 Å². The second-order valence-corrected chi connectivity index (χ2v) is 5.48. The minimum Gasteiger partial charge on any atom is -0.481 e. The SMILES string of the molecule is COc1cc(CC(CNC(C)C)C(C)C)ccn1. The van der Waals surface area contributed by atoms with E-state index >= 15 is 0 Å². The number of aromatic nitrogens is 1. The van der Waals surface area contributed by atoms with Gasteiger partial charge in [-0.15, -0.1) is 0 Å². The predicted molar refractivity (Wildman–Crippen MR) is 76.0 cm³/mol. The number of pyridine rings is 1. The summed E-state index contributed by atoms with van der Waals surface area (Å²) in [7, 11) is 1.66. The molecule has 0 amide bonds. The van der Waals surface area contributed by atoms with Crippen LogP contribution in [0, 0.1) is 11.8 Å². The third-order valence-electron chi connectivity index (χ3n) is 3.24. The van der Waals surface area contributed by atoms with Gasteiger partial charge < -0.3 is 10.1 Å². The van der Waals surface area contributed by atoms with Crippen molar-refractivity contribution < 1.29 is 4.74 Å². The molecule has 0 saturated heterocycles. The standard InChI is InChI=1S/C15H26N2O/c1-11(2)14(10-17-12(3)4)8-13-6-7-16-15(9-13)18-5/h6-7,9,11-12,14,17H,8,10H2,1-5H3. The van der Waals surface area contributed by atoms with Gasteiger partial charge >= 0.3 is 0 Å². The predicted octanol–water partition coefficient (Wildman–Crippen LogP) is 2.90. The molecule has 0 bridgehead atoms. The van der Waals surface area contributed by atoms with Gasteiger partial charge in [-0.2, -0.15) is 0 Å². The Labute approximate surface area is 111 Å². The fourth-order valence-corrected chi connectivity index (χ4v) is 1.92. The van der Waals surface area contributed by atoms with Gasteiger partial charge in [0.1, 0.15) is 0 Å². The van der Waals surface area contributed by atoms with Crippen molar-refractivity contribution >= 4 is 0 Å². The van der Waals surface area contributed by atoms with Gasteiger partial charge in [0.15, 0.2) is 0 Å². The molecule has 1 heterocycles. The number of methoxy groups -OCH3 is 1. The lowest BCUT2D eigenvalue weighted by Gasteiger charge is -2.23. The second-order valence-electron chi connectivity index (χ2n) is 5.48. The van der Waals surface area contributed by atoms with Crippen LogP contribution in [-0.2, 0) is 6.42 Å². The van der Waals surface area contributed by atoms with Crippen molar-refractivity contribution in [2.75, 3.05) is 13.7 Å². The first-order valence-electron chi connectivity index (χ1n) is 6.75. The topological polar surface area (TPSA) is 34.1 Å². The Morgan fingerprint density at radius 1 is 1.28 bits per heavy atom. The molecule has 1 rings (SSSR count). The fraction of sp³-hybridized carbons (Fsp3) is 0.667. The van der Waals surface area contributed by atoms with Crippen LogP contribution in [-0.4, -0.2) is 24.7 Å². The molecule has 1 N–H and O–H groups in total. The molecule has 18 heavy (non-hydrogen) atoms. The maximum Gasteiger partial charge on any atom is 0.213 e. The van der Waals surface area contributed by atoms with E-state index in [1.54, 1.807) is 7.11 Å². The highest BCUT2D eigenvalue weighted by atomic mass is 16.5. The number of rotatable bonds is 7. The molecule has 3 heteroatoms. The summed E-state index contributed by atoms with van der Waals surface area (Å²) in [6.07, 6.45) is 2.89. The summed E-state index contributed by atoms with van der Waals surface area (Å²) >= 11 is 0. The van der Waals surface area contributed by atoms with Crippen LogP contribution in [0.1, 0.15) is 33.3 Å². The van der Waals surface area contributed by atoms with Crippen LogP contribution in [0.15, 0.2) is 18.3 Å². The van der Waals surface area contributed by atoms with Gasteiger partial charge in [0.2, 0.25) is 5.88 Å². The smallest absolute Gasteiger partial charge is 0.213 e. The summed E-state index contributed by atoms with van der Waals surface area (Å²) in [5.74, 6) is 2.00. The van der Waals surface area contributed by atoms with Gasteiger partial charge in [-0.25, -0.2) is 4.98 Å². The molecule has 1 aromatic heterocycles. The van der Waals surface area contributed by atoms with E-state index in [2.05, 4.69) is 44.1 Å². The molecule has 0 fully saturated rings. The lowest BCUT2D eigenvalue weighted by Crippen LogP contribution is -2.32. The first-order chi connectivity index (χ1) is 8.52. The molecular formula is C15H26N2O. The molecular weight excluding hydrogens is 224 g/mol. The fourth-order valence-electron chi connectivity index (χ4n) is 1.92. The normalized spacial score (nSPS) is 13.1. The Balaban J connectivity index is 2.64. The summed E-state index contributed by atoms with van der Waals surface area (Å²) in [6.45, 7) is 10.00. The molecule has 0 spiro atoms. The van der Waals surface area contributed by atoms with Crippen LogP contribution in [0.5, 0.6) is 5.88 Å². The maximum atomic E-state index is 5.17. The van der Waals surface area contributed by atoms with Crippen LogP contribution in [0.4, 0.5) is 0 Å². The van der Waals surface area contributed by atoms with Gasteiger partial charge in [0, 0.05) is 18.3 Å². The van der Waals surface area contributed by atoms with Crippen molar-refractivity contribution in [1.29, 1.82) is 0 Å². The van der Waals surface area contributed by atoms with Crippen molar-refractivity contribution in [3.05, 3.63) is 23.9 Å². The lowest BCUT2D eigenvalue weighted by atomic mass is 9.89. The van der Waals surface area contributed by atoms with Gasteiger partial charge in [-0.3, -0.25) is 0 Å². The molecule has 1 aromatic rings. The second kappa shape index (κ2) is 7.37. The van der Waals surface area contributed by atoms with Crippen LogP contribution in [0.25, 0.3) is 0 Å². The summed E-state index contributed by atoms with van der Waals surface area (Å²) < 4.78 is 5.17. The first kappa shape index (κ1) is 15.0. The zero-order chi connectivity index (χ0) is 13.5. The van der Waals surface area contributed by atoms with E-state index in [4.69, 9.17) is 4.74 Å². The zero-order valence-electron chi connectivity index (χ0n) is 12.2. The summed E-state index contributed by atoms with van der Waals surface area (Å²) in [6, 6.07) is 4.65. The van der Waals surface area contributed by atoms with E-state index < -0.39 is 0 Å². The van der Waals surface area contributed by atoms with E-state index in [9.17, 15) is 0 Å². The Kier molecular flexibility index (Phi) is 6.13. The quantitative estimate of drug-likeness (QED) is 0.808. The Morgan fingerprint density at radius 3 is 2.56 bits per heavy atom. The van der Waals surface area contributed by atoms with Crippen LogP contribution < -0.4 is 10.1 Å². The third-order valence-corrected chi connectivity index (χ3v) is 3.24. The third kappa shape index (κ3) is 5.05. The van der Waals surface area contributed by atoms with Crippen molar-refractivity contribution in [1.82, 2.24) is 10.3 Å². The van der Waals surface area contributed by atoms with E-state index in [1.165, 1.54) is 5.56 Å².